The zero-order chi connectivity index (χ0) is 15.5. The first-order valence-electron chi connectivity index (χ1n) is 7.40. The fraction of sp³-hybridized carbons (Fsp3) is 0.562. The number of nitrogens with two attached hydrogens (primary N) is 1. The molecule has 2 N–H and O–H groups in total. The molecule has 124 valence electrons. The van der Waals surface area contributed by atoms with Gasteiger partial charge < -0.3 is 15.4 Å². The van der Waals surface area contributed by atoms with E-state index >= 15 is 0 Å². The Hall–Kier alpha value is -0.810. The minimum atomic E-state index is -0.808. The molecule has 1 saturated heterocycles. The number of amides is 1. The highest BCUT2D eigenvalue weighted by molar-refractivity contribution is 6.31. The van der Waals surface area contributed by atoms with Gasteiger partial charge in [-0.15, -0.1) is 12.4 Å². The number of rotatable bonds is 4. The van der Waals surface area contributed by atoms with Crippen molar-refractivity contribution in [3.8, 4) is 0 Å². The van der Waals surface area contributed by atoms with E-state index in [0.29, 0.717) is 31.1 Å². The Morgan fingerprint density at radius 1 is 1.50 bits per heavy atom. The molecule has 2 unspecified atom stereocenters. The van der Waals surface area contributed by atoms with E-state index in [1.165, 1.54) is 0 Å². The van der Waals surface area contributed by atoms with Gasteiger partial charge in [-0.1, -0.05) is 43.1 Å². The summed E-state index contributed by atoms with van der Waals surface area (Å²) in [5.74, 6) is -0.00953. The molecule has 1 aromatic carbocycles. The van der Waals surface area contributed by atoms with Gasteiger partial charge in [0.1, 0.15) is 6.10 Å². The number of benzene rings is 1. The van der Waals surface area contributed by atoms with Crippen molar-refractivity contribution in [1.29, 1.82) is 0 Å². The lowest BCUT2D eigenvalue weighted by atomic mass is 9.95. The first-order valence-corrected chi connectivity index (χ1v) is 7.78. The molecule has 1 aliphatic heterocycles. The van der Waals surface area contributed by atoms with Crippen LogP contribution in [0.4, 0.5) is 0 Å². The van der Waals surface area contributed by atoms with Gasteiger partial charge in [0.2, 0.25) is 5.91 Å². The monoisotopic (exact) mass is 346 g/mol. The van der Waals surface area contributed by atoms with E-state index < -0.39 is 5.54 Å². The molecular weight excluding hydrogens is 323 g/mol. The maximum absolute atomic E-state index is 12.6. The molecule has 0 bridgehead atoms. The lowest BCUT2D eigenvalue weighted by Crippen LogP contribution is -2.56. The number of hydrogen-bond donors (Lipinski definition) is 1. The number of carbonyl (C=O) groups excluding carboxylic acids is 1. The lowest BCUT2D eigenvalue weighted by molar-refractivity contribution is -0.144. The van der Waals surface area contributed by atoms with Crippen molar-refractivity contribution in [2.75, 3.05) is 19.7 Å². The largest absolute Gasteiger partial charge is 0.370 e. The Labute approximate surface area is 143 Å². The second kappa shape index (κ2) is 8.16. The van der Waals surface area contributed by atoms with Crippen LogP contribution in [-0.2, 0) is 9.53 Å². The van der Waals surface area contributed by atoms with E-state index in [9.17, 15) is 4.79 Å². The van der Waals surface area contributed by atoms with Crippen LogP contribution in [-0.4, -0.2) is 36.0 Å². The quantitative estimate of drug-likeness (QED) is 0.910. The molecule has 0 aliphatic carbocycles. The molecule has 2 rings (SSSR count). The average molecular weight is 347 g/mol. The molecule has 22 heavy (non-hydrogen) atoms. The minimum absolute atomic E-state index is 0. The molecule has 1 fully saturated rings. The van der Waals surface area contributed by atoms with Crippen molar-refractivity contribution < 1.29 is 9.53 Å². The summed E-state index contributed by atoms with van der Waals surface area (Å²) in [5.41, 5.74) is 6.27. The Bertz CT molecular complexity index is 509. The molecule has 6 heteroatoms. The molecule has 1 aliphatic rings. The van der Waals surface area contributed by atoms with Gasteiger partial charge in [-0.2, -0.15) is 0 Å². The number of halogens is 2. The van der Waals surface area contributed by atoms with Crippen LogP contribution in [0, 0.1) is 0 Å². The molecule has 1 aromatic rings. The standard InChI is InChI=1S/C16H23ClN2O2.ClH/c1-3-8-16(2,18)15(20)19-9-10-21-14(11-19)12-6-4-5-7-13(12)17;/h4-7,14H,3,8-11,18H2,1-2H3;1H. The molecule has 4 nitrogen and oxygen atoms in total. The van der Waals surface area contributed by atoms with Crippen molar-refractivity contribution in [3.05, 3.63) is 34.9 Å². The Kier molecular flexibility index (Phi) is 7.13. The fourth-order valence-electron chi connectivity index (χ4n) is 2.75. The number of morpholine rings is 1. The van der Waals surface area contributed by atoms with E-state index in [4.69, 9.17) is 22.1 Å². The van der Waals surface area contributed by atoms with Crippen LogP contribution in [0.15, 0.2) is 24.3 Å². The van der Waals surface area contributed by atoms with Gasteiger partial charge in [0.25, 0.3) is 0 Å². The Balaban J connectivity index is 0.00000242. The van der Waals surface area contributed by atoms with Crippen LogP contribution in [0.2, 0.25) is 5.02 Å². The second-order valence-electron chi connectivity index (χ2n) is 5.80. The molecular formula is C16H24Cl2N2O2. The zero-order valence-electron chi connectivity index (χ0n) is 13.0. The van der Waals surface area contributed by atoms with Crippen LogP contribution in [0.5, 0.6) is 0 Å². The lowest BCUT2D eigenvalue weighted by Gasteiger charge is -2.37. The zero-order valence-corrected chi connectivity index (χ0v) is 14.6. The predicted molar refractivity (Wildman–Crippen MR) is 91.5 cm³/mol. The van der Waals surface area contributed by atoms with Crippen LogP contribution in [0.3, 0.4) is 0 Å². The SMILES string of the molecule is CCCC(C)(N)C(=O)N1CCOC(c2ccccc2Cl)C1.Cl. The van der Waals surface area contributed by atoms with Crippen LogP contribution in [0.25, 0.3) is 0 Å². The molecule has 0 radical (unpaired) electrons. The van der Waals surface area contributed by atoms with Crippen molar-refractivity contribution in [1.82, 2.24) is 4.90 Å². The summed E-state index contributed by atoms with van der Waals surface area (Å²) in [6, 6.07) is 7.59. The van der Waals surface area contributed by atoms with E-state index in [2.05, 4.69) is 0 Å². The van der Waals surface area contributed by atoms with Gasteiger partial charge in [0.15, 0.2) is 0 Å². The van der Waals surface area contributed by atoms with Crippen molar-refractivity contribution >= 4 is 29.9 Å². The summed E-state index contributed by atoms with van der Waals surface area (Å²) in [6.07, 6.45) is 1.38. The van der Waals surface area contributed by atoms with Crippen molar-refractivity contribution in [2.24, 2.45) is 5.73 Å². The first kappa shape index (κ1) is 19.2. The summed E-state index contributed by atoms with van der Waals surface area (Å²) < 4.78 is 5.78. The van der Waals surface area contributed by atoms with E-state index in [0.717, 1.165) is 12.0 Å². The molecule has 0 aromatic heterocycles. The highest BCUT2D eigenvalue weighted by Crippen LogP contribution is 2.29. The number of ether oxygens (including phenoxy) is 1. The maximum atomic E-state index is 12.6. The van der Waals surface area contributed by atoms with E-state index in [1.807, 2.05) is 31.2 Å². The molecule has 1 amide bonds. The Morgan fingerprint density at radius 2 is 2.18 bits per heavy atom. The Morgan fingerprint density at radius 3 is 2.82 bits per heavy atom. The van der Waals surface area contributed by atoms with Crippen LogP contribution in [0.1, 0.15) is 38.4 Å². The topological polar surface area (TPSA) is 55.6 Å². The van der Waals surface area contributed by atoms with Crippen LogP contribution < -0.4 is 5.73 Å². The predicted octanol–water partition coefficient (Wildman–Crippen LogP) is 3.18. The van der Waals surface area contributed by atoms with Gasteiger partial charge in [-0.3, -0.25) is 4.79 Å². The summed E-state index contributed by atoms with van der Waals surface area (Å²) in [6.45, 7) is 5.42. The number of hydrogen-bond acceptors (Lipinski definition) is 3. The summed E-state index contributed by atoms with van der Waals surface area (Å²) >= 11 is 6.22. The minimum Gasteiger partial charge on any atom is -0.370 e. The molecule has 0 saturated carbocycles. The maximum Gasteiger partial charge on any atom is 0.242 e. The van der Waals surface area contributed by atoms with Crippen molar-refractivity contribution in [3.63, 3.8) is 0 Å². The smallest absolute Gasteiger partial charge is 0.242 e. The third-order valence-electron chi connectivity index (χ3n) is 3.86. The van der Waals surface area contributed by atoms with Gasteiger partial charge in [-0.25, -0.2) is 0 Å². The van der Waals surface area contributed by atoms with Gasteiger partial charge in [0, 0.05) is 17.1 Å². The summed E-state index contributed by atoms with van der Waals surface area (Å²) in [7, 11) is 0. The first-order chi connectivity index (χ1) is 9.95. The van der Waals surface area contributed by atoms with Crippen LogP contribution >= 0.6 is 24.0 Å². The van der Waals surface area contributed by atoms with Gasteiger partial charge in [-0.05, 0) is 19.4 Å². The summed E-state index contributed by atoms with van der Waals surface area (Å²) in [5, 5.41) is 0.667. The molecule has 0 spiro atoms. The highest BCUT2D eigenvalue weighted by Gasteiger charge is 2.35. The third kappa shape index (κ3) is 4.35. The van der Waals surface area contributed by atoms with E-state index in [-0.39, 0.29) is 24.4 Å². The van der Waals surface area contributed by atoms with Gasteiger partial charge >= 0.3 is 0 Å². The number of carbonyl (C=O) groups is 1. The molecule has 2 atom stereocenters. The summed E-state index contributed by atoms with van der Waals surface area (Å²) in [4.78, 5) is 14.4. The average Bonchev–Trinajstić information content (AvgIpc) is 2.47. The van der Waals surface area contributed by atoms with Gasteiger partial charge in [0.05, 0.1) is 18.7 Å². The van der Waals surface area contributed by atoms with Crippen molar-refractivity contribution in [2.45, 2.75) is 38.3 Å². The second-order valence-corrected chi connectivity index (χ2v) is 6.21. The molecule has 1 heterocycles. The number of nitrogens with zero attached hydrogens (tertiary/aromatic N) is 1. The highest BCUT2D eigenvalue weighted by atomic mass is 35.5. The van der Waals surface area contributed by atoms with E-state index in [1.54, 1.807) is 11.8 Å². The fourth-order valence-corrected chi connectivity index (χ4v) is 3.00. The third-order valence-corrected chi connectivity index (χ3v) is 4.21. The normalized spacial score (nSPS) is 20.9.